The van der Waals surface area contributed by atoms with Crippen molar-refractivity contribution in [2.45, 2.75) is 25.3 Å². The van der Waals surface area contributed by atoms with Gasteiger partial charge in [-0.05, 0) is 60.5 Å². The van der Waals surface area contributed by atoms with Crippen LogP contribution in [0.1, 0.15) is 30.0 Å². The maximum absolute atomic E-state index is 5.38. The number of methoxy groups -OCH3 is 1. The predicted molar refractivity (Wildman–Crippen MR) is 106 cm³/mol. The number of rotatable bonds is 4. The summed E-state index contributed by atoms with van der Waals surface area (Å²) >= 11 is 0. The molecule has 1 aromatic heterocycles. The van der Waals surface area contributed by atoms with Crippen LogP contribution in [0, 0.1) is 0 Å². The van der Waals surface area contributed by atoms with Gasteiger partial charge in [-0.3, -0.25) is 4.90 Å². The second-order valence-electron chi connectivity index (χ2n) is 6.73. The molecule has 4 rings (SSSR count). The van der Waals surface area contributed by atoms with E-state index in [0.717, 1.165) is 18.8 Å². The number of piperidine rings is 1. The van der Waals surface area contributed by atoms with E-state index >= 15 is 0 Å². The van der Waals surface area contributed by atoms with Crippen LogP contribution >= 0.6 is 12.4 Å². The molecule has 0 aliphatic carbocycles. The Kier molecular flexibility index (Phi) is 5.67. The van der Waals surface area contributed by atoms with Crippen molar-refractivity contribution in [3.8, 4) is 5.75 Å². The summed E-state index contributed by atoms with van der Waals surface area (Å²) in [6, 6.07) is 19.3. The molecule has 1 fully saturated rings. The molecule has 3 aromatic rings. The third kappa shape index (κ3) is 4.00. The Bertz CT molecular complexity index is 796. The number of H-pyrrole nitrogens is 1. The van der Waals surface area contributed by atoms with E-state index in [-0.39, 0.29) is 12.4 Å². The summed E-state index contributed by atoms with van der Waals surface area (Å²) in [6.45, 7) is 3.29. The number of nitrogens with one attached hydrogen (secondary N) is 1. The van der Waals surface area contributed by atoms with Crippen LogP contribution in [0.25, 0.3) is 10.9 Å². The molecule has 1 aliphatic rings. The highest BCUT2D eigenvalue weighted by molar-refractivity contribution is 5.85. The highest BCUT2D eigenvalue weighted by Crippen LogP contribution is 2.30. The first-order valence-corrected chi connectivity index (χ1v) is 8.75. The fourth-order valence-electron chi connectivity index (χ4n) is 3.83. The van der Waals surface area contributed by atoms with Gasteiger partial charge in [0.1, 0.15) is 5.75 Å². The molecule has 0 amide bonds. The Labute approximate surface area is 155 Å². The van der Waals surface area contributed by atoms with Crippen molar-refractivity contribution in [1.82, 2.24) is 9.88 Å². The van der Waals surface area contributed by atoms with Gasteiger partial charge in [0.15, 0.2) is 0 Å². The smallest absolute Gasteiger partial charge is 0.119 e. The molecular weight excluding hydrogens is 332 g/mol. The third-order valence-electron chi connectivity index (χ3n) is 5.05. The predicted octanol–water partition coefficient (Wildman–Crippen LogP) is 4.98. The standard InChI is InChI=1S/C21H24N2O.ClH/c1-24-20-9-4-7-16(13-20)18-8-5-11-23(14-18)15-19-12-17-6-2-3-10-21(17)22-19;/h2-4,6-7,9-10,12-13,18,22H,5,8,11,14-15H2,1H3;1H. The number of benzene rings is 2. The SMILES string of the molecule is COc1cccc(C2CCCN(Cc3cc4ccccc4[nH]3)C2)c1.Cl. The van der Waals surface area contributed by atoms with Gasteiger partial charge in [0.25, 0.3) is 0 Å². The lowest BCUT2D eigenvalue weighted by Gasteiger charge is -2.32. The number of aromatic amines is 1. The van der Waals surface area contributed by atoms with Crippen molar-refractivity contribution in [3.63, 3.8) is 0 Å². The van der Waals surface area contributed by atoms with Crippen molar-refractivity contribution in [1.29, 1.82) is 0 Å². The Morgan fingerprint density at radius 3 is 2.84 bits per heavy atom. The minimum Gasteiger partial charge on any atom is -0.497 e. The number of para-hydroxylation sites is 1. The lowest BCUT2D eigenvalue weighted by Crippen LogP contribution is -2.33. The van der Waals surface area contributed by atoms with Crippen molar-refractivity contribution >= 4 is 23.3 Å². The number of ether oxygens (including phenoxy) is 1. The molecule has 1 atom stereocenters. The van der Waals surface area contributed by atoms with E-state index in [2.05, 4.69) is 58.4 Å². The Morgan fingerprint density at radius 1 is 1.12 bits per heavy atom. The summed E-state index contributed by atoms with van der Waals surface area (Å²) in [7, 11) is 1.74. The molecule has 1 N–H and O–H groups in total. The van der Waals surface area contributed by atoms with E-state index in [1.807, 2.05) is 6.07 Å². The molecule has 0 spiro atoms. The number of aromatic nitrogens is 1. The summed E-state index contributed by atoms with van der Waals surface area (Å²) < 4.78 is 5.38. The van der Waals surface area contributed by atoms with E-state index in [0.29, 0.717) is 5.92 Å². The fraction of sp³-hybridized carbons (Fsp3) is 0.333. The monoisotopic (exact) mass is 356 g/mol. The molecule has 1 saturated heterocycles. The van der Waals surface area contributed by atoms with Crippen LogP contribution in [0.5, 0.6) is 5.75 Å². The zero-order valence-corrected chi connectivity index (χ0v) is 15.4. The molecule has 4 heteroatoms. The number of likely N-dealkylation sites (tertiary alicyclic amines) is 1. The molecule has 2 heterocycles. The van der Waals surface area contributed by atoms with E-state index in [1.165, 1.54) is 41.5 Å². The van der Waals surface area contributed by atoms with Crippen molar-refractivity contribution in [2.75, 3.05) is 20.2 Å². The van der Waals surface area contributed by atoms with Crippen LogP contribution in [-0.4, -0.2) is 30.1 Å². The van der Waals surface area contributed by atoms with Crippen molar-refractivity contribution in [3.05, 3.63) is 65.9 Å². The summed E-state index contributed by atoms with van der Waals surface area (Å²) in [4.78, 5) is 6.12. The van der Waals surface area contributed by atoms with E-state index in [1.54, 1.807) is 7.11 Å². The summed E-state index contributed by atoms with van der Waals surface area (Å²) in [5, 5.41) is 1.30. The fourth-order valence-corrected chi connectivity index (χ4v) is 3.83. The van der Waals surface area contributed by atoms with Crippen molar-refractivity contribution < 1.29 is 4.74 Å². The van der Waals surface area contributed by atoms with Crippen LogP contribution < -0.4 is 4.74 Å². The number of fused-ring (bicyclic) bond motifs is 1. The number of halogens is 1. The largest absolute Gasteiger partial charge is 0.497 e. The quantitative estimate of drug-likeness (QED) is 0.714. The summed E-state index contributed by atoms with van der Waals surface area (Å²) in [5.74, 6) is 1.55. The van der Waals surface area contributed by atoms with Gasteiger partial charge >= 0.3 is 0 Å². The van der Waals surface area contributed by atoms with Gasteiger partial charge in [0.05, 0.1) is 7.11 Å². The molecule has 1 aliphatic heterocycles. The van der Waals surface area contributed by atoms with Gasteiger partial charge in [-0.25, -0.2) is 0 Å². The maximum Gasteiger partial charge on any atom is 0.119 e. The van der Waals surface area contributed by atoms with Crippen LogP contribution in [0.4, 0.5) is 0 Å². The summed E-state index contributed by atoms with van der Waals surface area (Å²) in [6.07, 6.45) is 2.51. The molecule has 132 valence electrons. The minimum atomic E-state index is 0. The first-order valence-electron chi connectivity index (χ1n) is 8.75. The van der Waals surface area contributed by atoms with Crippen LogP contribution in [-0.2, 0) is 6.54 Å². The lowest BCUT2D eigenvalue weighted by atomic mass is 9.90. The van der Waals surface area contributed by atoms with Crippen LogP contribution in [0.3, 0.4) is 0 Å². The highest BCUT2D eigenvalue weighted by atomic mass is 35.5. The zero-order valence-electron chi connectivity index (χ0n) is 14.6. The van der Waals surface area contributed by atoms with E-state index in [4.69, 9.17) is 4.74 Å². The molecule has 3 nitrogen and oxygen atoms in total. The van der Waals surface area contributed by atoms with E-state index < -0.39 is 0 Å². The Morgan fingerprint density at radius 2 is 2.00 bits per heavy atom. The first-order chi connectivity index (χ1) is 11.8. The maximum atomic E-state index is 5.38. The Hall–Kier alpha value is -1.97. The van der Waals surface area contributed by atoms with Gasteiger partial charge in [-0.2, -0.15) is 0 Å². The third-order valence-corrected chi connectivity index (χ3v) is 5.05. The molecule has 1 unspecified atom stereocenters. The zero-order chi connectivity index (χ0) is 16.4. The normalized spacial score (nSPS) is 18.0. The molecule has 25 heavy (non-hydrogen) atoms. The second-order valence-corrected chi connectivity index (χ2v) is 6.73. The van der Waals surface area contributed by atoms with E-state index in [9.17, 15) is 0 Å². The lowest BCUT2D eigenvalue weighted by molar-refractivity contribution is 0.198. The second kappa shape index (κ2) is 7.94. The number of hydrogen-bond acceptors (Lipinski definition) is 2. The van der Waals surface area contributed by atoms with Gasteiger partial charge in [-0.1, -0.05) is 30.3 Å². The average Bonchev–Trinajstić information content (AvgIpc) is 3.04. The summed E-state index contributed by atoms with van der Waals surface area (Å²) in [5.41, 5.74) is 3.94. The van der Waals surface area contributed by atoms with Gasteiger partial charge in [0, 0.05) is 24.3 Å². The van der Waals surface area contributed by atoms with Gasteiger partial charge < -0.3 is 9.72 Å². The molecule has 0 saturated carbocycles. The number of nitrogens with zero attached hydrogens (tertiary/aromatic N) is 1. The van der Waals surface area contributed by atoms with Crippen LogP contribution in [0.2, 0.25) is 0 Å². The minimum absolute atomic E-state index is 0. The molecular formula is C21H25ClN2O. The molecule has 0 radical (unpaired) electrons. The van der Waals surface area contributed by atoms with Crippen LogP contribution in [0.15, 0.2) is 54.6 Å². The van der Waals surface area contributed by atoms with Gasteiger partial charge in [-0.15, -0.1) is 12.4 Å². The van der Waals surface area contributed by atoms with Crippen molar-refractivity contribution in [2.24, 2.45) is 0 Å². The average molecular weight is 357 g/mol. The topological polar surface area (TPSA) is 28.3 Å². The first kappa shape index (κ1) is 17.8. The highest BCUT2D eigenvalue weighted by Gasteiger charge is 2.22. The van der Waals surface area contributed by atoms with Gasteiger partial charge in [0.2, 0.25) is 0 Å². The Balaban J connectivity index is 0.00000182. The molecule has 2 aromatic carbocycles. The number of hydrogen-bond donors (Lipinski definition) is 1. The molecule has 0 bridgehead atoms.